The summed E-state index contributed by atoms with van der Waals surface area (Å²) in [7, 11) is 2.16. The molecule has 2 heterocycles. The number of aromatic nitrogens is 2. The molecule has 0 aromatic carbocycles. The molecule has 19 heavy (non-hydrogen) atoms. The van der Waals surface area contributed by atoms with Gasteiger partial charge in [-0.3, -0.25) is 4.79 Å². The zero-order valence-corrected chi connectivity index (χ0v) is 12.3. The molecule has 1 saturated heterocycles. The van der Waals surface area contributed by atoms with Crippen LogP contribution in [-0.2, 0) is 0 Å². The number of halogens is 1. The molecule has 0 radical (unpaired) electrons. The summed E-state index contributed by atoms with van der Waals surface area (Å²) in [4.78, 5) is 20.7. The lowest BCUT2D eigenvalue weighted by molar-refractivity contribution is 0.205. The Labute approximate surface area is 118 Å². The highest BCUT2D eigenvalue weighted by Crippen LogP contribution is 2.19. The smallest absolute Gasteiger partial charge is 0.271 e. The Bertz CT molecular complexity index is 488. The standard InChI is InChI=1S/C13H21ClN4O/c1-9-16-12(11(14)13(19)17-9)15-6-5-10-4-3-7-18(2)8-10/h10H,3-8H2,1-2H3,(H2,15,16,17,19). The molecular weight excluding hydrogens is 264 g/mol. The Kier molecular flexibility index (Phi) is 4.82. The minimum atomic E-state index is -0.283. The van der Waals surface area contributed by atoms with E-state index < -0.39 is 0 Å². The number of nitrogens with one attached hydrogen (secondary N) is 2. The average Bonchev–Trinajstić information content (AvgIpc) is 2.35. The van der Waals surface area contributed by atoms with Crippen LogP contribution < -0.4 is 10.9 Å². The molecule has 5 nitrogen and oxygen atoms in total. The van der Waals surface area contributed by atoms with Gasteiger partial charge in [-0.15, -0.1) is 0 Å². The molecule has 2 N–H and O–H groups in total. The Morgan fingerprint density at radius 2 is 2.37 bits per heavy atom. The van der Waals surface area contributed by atoms with Crippen LogP contribution in [-0.4, -0.2) is 41.5 Å². The van der Waals surface area contributed by atoms with E-state index in [1.165, 1.54) is 19.4 Å². The minimum Gasteiger partial charge on any atom is -0.369 e. The third kappa shape index (κ3) is 3.94. The molecule has 0 saturated carbocycles. The number of nitrogens with zero attached hydrogens (tertiary/aromatic N) is 2. The largest absolute Gasteiger partial charge is 0.369 e. The van der Waals surface area contributed by atoms with Gasteiger partial charge in [-0.05, 0) is 45.7 Å². The van der Waals surface area contributed by atoms with Crippen LogP contribution in [0.25, 0.3) is 0 Å². The van der Waals surface area contributed by atoms with Gasteiger partial charge < -0.3 is 15.2 Å². The molecule has 0 aliphatic carbocycles. The van der Waals surface area contributed by atoms with Gasteiger partial charge in [-0.25, -0.2) is 4.98 Å². The summed E-state index contributed by atoms with van der Waals surface area (Å²) in [5, 5.41) is 3.32. The molecule has 0 spiro atoms. The van der Waals surface area contributed by atoms with Crippen LogP contribution in [0.1, 0.15) is 25.1 Å². The predicted octanol–water partition coefficient (Wildman–Crippen LogP) is 1.88. The van der Waals surface area contributed by atoms with Crippen LogP contribution in [0, 0.1) is 12.8 Å². The number of hydrogen-bond acceptors (Lipinski definition) is 4. The predicted molar refractivity (Wildman–Crippen MR) is 77.9 cm³/mol. The first-order valence-corrected chi connectivity index (χ1v) is 7.13. The van der Waals surface area contributed by atoms with Crippen molar-refractivity contribution in [1.29, 1.82) is 0 Å². The van der Waals surface area contributed by atoms with Gasteiger partial charge in [0.05, 0.1) is 0 Å². The van der Waals surface area contributed by atoms with Gasteiger partial charge in [0.15, 0.2) is 5.82 Å². The van der Waals surface area contributed by atoms with E-state index in [9.17, 15) is 4.79 Å². The lowest BCUT2D eigenvalue weighted by atomic mass is 9.95. The van der Waals surface area contributed by atoms with Crippen LogP contribution in [0.15, 0.2) is 4.79 Å². The van der Waals surface area contributed by atoms with Crippen molar-refractivity contribution in [3.63, 3.8) is 0 Å². The minimum absolute atomic E-state index is 0.145. The lowest BCUT2D eigenvalue weighted by Crippen LogP contribution is -2.33. The van der Waals surface area contributed by atoms with Crippen LogP contribution in [0.3, 0.4) is 0 Å². The summed E-state index contributed by atoms with van der Waals surface area (Å²) >= 11 is 5.93. The second-order valence-corrected chi connectivity index (χ2v) is 5.68. The topological polar surface area (TPSA) is 61.0 Å². The van der Waals surface area contributed by atoms with E-state index in [-0.39, 0.29) is 10.6 Å². The second-order valence-electron chi connectivity index (χ2n) is 5.30. The number of hydrogen-bond donors (Lipinski definition) is 2. The van der Waals surface area contributed by atoms with Crippen molar-refractivity contribution in [2.24, 2.45) is 5.92 Å². The molecule has 1 atom stereocenters. The number of likely N-dealkylation sites (tertiary alicyclic amines) is 1. The van der Waals surface area contributed by atoms with E-state index >= 15 is 0 Å². The molecule has 1 aliphatic heterocycles. The molecule has 6 heteroatoms. The normalized spacial score (nSPS) is 20.5. The van der Waals surface area contributed by atoms with Gasteiger partial charge in [0.25, 0.3) is 5.56 Å². The van der Waals surface area contributed by atoms with E-state index in [1.54, 1.807) is 6.92 Å². The summed E-state index contributed by atoms with van der Waals surface area (Å²) in [6.45, 7) is 4.90. The Balaban J connectivity index is 1.87. The maximum atomic E-state index is 11.5. The molecule has 1 aromatic heterocycles. The van der Waals surface area contributed by atoms with Gasteiger partial charge in [-0.1, -0.05) is 11.6 Å². The highest BCUT2D eigenvalue weighted by molar-refractivity contribution is 6.32. The first-order valence-electron chi connectivity index (χ1n) is 6.75. The van der Waals surface area contributed by atoms with Crippen molar-refractivity contribution in [3.05, 3.63) is 21.2 Å². The van der Waals surface area contributed by atoms with Crippen molar-refractivity contribution in [2.45, 2.75) is 26.2 Å². The number of aryl methyl sites for hydroxylation is 1. The summed E-state index contributed by atoms with van der Waals surface area (Å²) in [5.74, 6) is 1.79. The SMILES string of the molecule is Cc1nc(NCCC2CCCN(C)C2)c(Cl)c(=O)[nH]1. The van der Waals surface area contributed by atoms with Crippen molar-refractivity contribution < 1.29 is 0 Å². The maximum absolute atomic E-state index is 11.5. The zero-order chi connectivity index (χ0) is 13.8. The van der Waals surface area contributed by atoms with E-state index in [1.807, 2.05) is 0 Å². The lowest BCUT2D eigenvalue weighted by Gasteiger charge is -2.29. The molecule has 2 rings (SSSR count). The van der Waals surface area contributed by atoms with Gasteiger partial charge in [0.1, 0.15) is 10.8 Å². The van der Waals surface area contributed by atoms with Crippen molar-refractivity contribution >= 4 is 17.4 Å². The Hall–Kier alpha value is -1.07. The van der Waals surface area contributed by atoms with Crippen LogP contribution in [0.5, 0.6) is 0 Å². The highest BCUT2D eigenvalue weighted by Gasteiger charge is 2.17. The average molecular weight is 285 g/mol. The molecule has 1 unspecified atom stereocenters. The van der Waals surface area contributed by atoms with Crippen LogP contribution in [0.2, 0.25) is 5.02 Å². The fraction of sp³-hybridized carbons (Fsp3) is 0.692. The molecule has 1 aliphatic rings. The number of rotatable bonds is 4. The molecule has 0 bridgehead atoms. The highest BCUT2D eigenvalue weighted by atomic mass is 35.5. The summed E-state index contributed by atoms with van der Waals surface area (Å²) in [6.07, 6.45) is 3.63. The number of H-pyrrole nitrogens is 1. The molecule has 106 valence electrons. The quantitative estimate of drug-likeness (QED) is 0.886. The Morgan fingerprint density at radius 1 is 1.58 bits per heavy atom. The summed E-state index contributed by atoms with van der Waals surface area (Å²) < 4.78 is 0. The van der Waals surface area contributed by atoms with Gasteiger partial charge in [0.2, 0.25) is 0 Å². The van der Waals surface area contributed by atoms with Gasteiger partial charge in [0, 0.05) is 13.1 Å². The van der Waals surface area contributed by atoms with Gasteiger partial charge >= 0.3 is 0 Å². The van der Waals surface area contributed by atoms with E-state index in [4.69, 9.17) is 11.6 Å². The summed E-state index contributed by atoms with van der Waals surface area (Å²) in [5.41, 5.74) is -0.283. The number of anilines is 1. The van der Waals surface area contributed by atoms with Crippen molar-refractivity contribution in [2.75, 3.05) is 32.0 Å². The van der Waals surface area contributed by atoms with E-state index in [0.717, 1.165) is 19.5 Å². The van der Waals surface area contributed by atoms with Crippen LogP contribution in [0.4, 0.5) is 5.82 Å². The van der Waals surface area contributed by atoms with E-state index in [2.05, 4.69) is 27.2 Å². The molecule has 1 fully saturated rings. The third-order valence-corrected chi connectivity index (χ3v) is 3.90. The summed E-state index contributed by atoms with van der Waals surface area (Å²) in [6, 6.07) is 0. The van der Waals surface area contributed by atoms with E-state index in [0.29, 0.717) is 17.6 Å². The maximum Gasteiger partial charge on any atom is 0.271 e. The monoisotopic (exact) mass is 284 g/mol. The molecular formula is C13H21ClN4O. The number of aromatic amines is 1. The van der Waals surface area contributed by atoms with Gasteiger partial charge in [-0.2, -0.15) is 0 Å². The van der Waals surface area contributed by atoms with Crippen LogP contribution >= 0.6 is 11.6 Å². The molecule has 1 aromatic rings. The zero-order valence-electron chi connectivity index (χ0n) is 11.5. The van der Waals surface area contributed by atoms with Crippen molar-refractivity contribution in [3.8, 4) is 0 Å². The fourth-order valence-corrected chi connectivity index (χ4v) is 2.75. The Morgan fingerprint density at radius 3 is 3.11 bits per heavy atom. The first-order chi connectivity index (χ1) is 9.06. The van der Waals surface area contributed by atoms with Crippen molar-refractivity contribution in [1.82, 2.24) is 14.9 Å². The first kappa shape index (κ1) is 14.3. The fourth-order valence-electron chi connectivity index (χ4n) is 2.59. The second kappa shape index (κ2) is 6.39. The number of piperidine rings is 1. The third-order valence-electron chi connectivity index (χ3n) is 3.55. The molecule has 0 amide bonds.